The Balaban J connectivity index is 0.00000220. The minimum absolute atomic E-state index is 0. The molecule has 0 bridgehead atoms. The van der Waals surface area contributed by atoms with E-state index in [1.807, 2.05) is 24.3 Å². The Bertz CT molecular complexity index is 501. The number of hydrogen-bond acceptors (Lipinski definition) is 2. The van der Waals surface area contributed by atoms with Crippen LogP contribution in [0.1, 0.15) is 50.9 Å². The molecular formula is C16H24BrClN2O. The zero-order valence-corrected chi connectivity index (χ0v) is 15.4. The summed E-state index contributed by atoms with van der Waals surface area (Å²) < 4.78 is 0.927. The van der Waals surface area contributed by atoms with Gasteiger partial charge in [0.25, 0.3) is 5.91 Å². The molecule has 1 fully saturated rings. The van der Waals surface area contributed by atoms with Gasteiger partial charge in [-0.25, -0.2) is 0 Å². The summed E-state index contributed by atoms with van der Waals surface area (Å²) in [6.45, 7) is 8.75. The summed E-state index contributed by atoms with van der Waals surface area (Å²) in [5, 5.41) is 6.80. The lowest BCUT2D eigenvalue weighted by atomic mass is 9.79. The first kappa shape index (κ1) is 18.5. The van der Waals surface area contributed by atoms with Crippen molar-refractivity contribution in [3.63, 3.8) is 0 Å². The number of amides is 1. The maximum Gasteiger partial charge on any atom is 0.251 e. The molecule has 1 aliphatic rings. The van der Waals surface area contributed by atoms with Crippen LogP contribution in [0.25, 0.3) is 0 Å². The van der Waals surface area contributed by atoms with Gasteiger partial charge >= 0.3 is 0 Å². The van der Waals surface area contributed by atoms with E-state index in [9.17, 15) is 4.79 Å². The topological polar surface area (TPSA) is 41.1 Å². The van der Waals surface area contributed by atoms with E-state index in [4.69, 9.17) is 0 Å². The summed E-state index contributed by atoms with van der Waals surface area (Å²) >= 11 is 3.40. The highest BCUT2D eigenvalue weighted by Gasteiger charge is 2.38. The number of carbonyl (C=O) groups is 1. The first-order chi connectivity index (χ1) is 9.17. The van der Waals surface area contributed by atoms with Crippen molar-refractivity contribution in [2.24, 2.45) is 0 Å². The molecule has 1 saturated heterocycles. The van der Waals surface area contributed by atoms with Crippen LogP contribution < -0.4 is 10.6 Å². The van der Waals surface area contributed by atoms with E-state index in [1.165, 1.54) is 0 Å². The van der Waals surface area contributed by atoms with Crippen molar-refractivity contribution in [2.45, 2.75) is 57.7 Å². The highest BCUT2D eigenvalue weighted by atomic mass is 79.9. The standard InChI is InChI=1S/C16H23BrN2O.ClH/c1-15(2)9-13(10-16(3,4)19-15)18-14(20)11-6-5-7-12(17)8-11;/h5-8,13,19H,9-10H2,1-4H3,(H,18,20);1H. The molecule has 1 amide bonds. The maximum atomic E-state index is 12.3. The van der Waals surface area contributed by atoms with Crippen LogP contribution in [0.2, 0.25) is 0 Å². The van der Waals surface area contributed by atoms with Crippen molar-refractivity contribution < 1.29 is 4.79 Å². The fraction of sp³-hybridized carbons (Fsp3) is 0.562. The molecule has 1 heterocycles. The Morgan fingerprint density at radius 1 is 1.24 bits per heavy atom. The van der Waals surface area contributed by atoms with Crippen molar-refractivity contribution in [3.05, 3.63) is 34.3 Å². The Labute approximate surface area is 141 Å². The zero-order chi connectivity index (χ0) is 15.0. The lowest BCUT2D eigenvalue weighted by Crippen LogP contribution is -2.62. The molecule has 0 saturated carbocycles. The van der Waals surface area contributed by atoms with Crippen LogP contribution in [0.5, 0.6) is 0 Å². The molecule has 0 spiro atoms. The van der Waals surface area contributed by atoms with E-state index in [0.29, 0.717) is 5.56 Å². The van der Waals surface area contributed by atoms with Gasteiger partial charge in [-0.1, -0.05) is 22.0 Å². The number of hydrogen-bond donors (Lipinski definition) is 2. The van der Waals surface area contributed by atoms with E-state index in [-0.39, 0.29) is 35.4 Å². The fourth-order valence-corrected chi connectivity index (χ4v) is 3.72. The van der Waals surface area contributed by atoms with Gasteiger partial charge in [0.1, 0.15) is 0 Å². The molecule has 118 valence electrons. The van der Waals surface area contributed by atoms with Crippen molar-refractivity contribution >= 4 is 34.2 Å². The molecule has 5 heteroatoms. The average molecular weight is 376 g/mol. The number of rotatable bonds is 2. The molecule has 1 aromatic carbocycles. The Morgan fingerprint density at radius 3 is 2.33 bits per heavy atom. The smallest absolute Gasteiger partial charge is 0.251 e. The van der Waals surface area contributed by atoms with E-state index in [1.54, 1.807) is 0 Å². The third kappa shape index (κ3) is 5.28. The van der Waals surface area contributed by atoms with Crippen molar-refractivity contribution in [3.8, 4) is 0 Å². The summed E-state index contributed by atoms with van der Waals surface area (Å²) in [6.07, 6.45) is 1.88. The monoisotopic (exact) mass is 374 g/mol. The maximum absolute atomic E-state index is 12.3. The molecule has 1 aromatic rings. The van der Waals surface area contributed by atoms with E-state index < -0.39 is 0 Å². The summed E-state index contributed by atoms with van der Waals surface area (Å²) in [4.78, 5) is 12.3. The van der Waals surface area contributed by atoms with Crippen LogP contribution in [-0.4, -0.2) is 23.0 Å². The van der Waals surface area contributed by atoms with Crippen LogP contribution in [0, 0.1) is 0 Å². The molecule has 21 heavy (non-hydrogen) atoms. The van der Waals surface area contributed by atoms with Crippen LogP contribution in [0.4, 0.5) is 0 Å². The van der Waals surface area contributed by atoms with Gasteiger partial charge in [-0.2, -0.15) is 0 Å². The van der Waals surface area contributed by atoms with Crippen molar-refractivity contribution in [1.29, 1.82) is 0 Å². The molecule has 0 aliphatic carbocycles. The lowest BCUT2D eigenvalue weighted by Gasteiger charge is -2.46. The predicted octanol–water partition coefficient (Wildman–Crippen LogP) is 3.91. The van der Waals surface area contributed by atoms with Crippen LogP contribution in [0.15, 0.2) is 28.7 Å². The number of piperidine rings is 1. The van der Waals surface area contributed by atoms with Gasteiger partial charge in [-0.3, -0.25) is 4.79 Å². The molecule has 0 unspecified atom stereocenters. The minimum atomic E-state index is 0. The zero-order valence-electron chi connectivity index (χ0n) is 13.0. The van der Waals surface area contributed by atoms with Gasteiger partial charge in [0.05, 0.1) is 0 Å². The first-order valence-electron chi connectivity index (χ1n) is 7.03. The molecule has 2 N–H and O–H groups in total. The quantitative estimate of drug-likeness (QED) is 0.823. The Morgan fingerprint density at radius 2 is 1.81 bits per heavy atom. The SMILES string of the molecule is CC1(C)CC(NC(=O)c2cccc(Br)c2)CC(C)(C)N1.Cl. The molecular weight excluding hydrogens is 352 g/mol. The van der Waals surface area contributed by atoms with E-state index >= 15 is 0 Å². The molecule has 1 aliphatic heterocycles. The molecule has 2 rings (SSSR count). The number of benzene rings is 1. The lowest BCUT2D eigenvalue weighted by molar-refractivity contribution is 0.0873. The summed E-state index contributed by atoms with van der Waals surface area (Å²) in [6, 6.07) is 7.71. The third-order valence-electron chi connectivity index (χ3n) is 3.61. The normalized spacial score (nSPS) is 20.4. The molecule has 0 aromatic heterocycles. The van der Waals surface area contributed by atoms with Crippen LogP contribution in [0.3, 0.4) is 0 Å². The third-order valence-corrected chi connectivity index (χ3v) is 4.11. The Hall–Kier alpha value is -0.580. The second-order valence-electron chi connectivity index (χ2n) is 6.98. The predicted molar refractivity (Wildman–Crippen MR) is 93.2 cm³/mol. The number of halogens is 2. The largest absolute Gasteiger partial charge is 0.349 e. The van der Waals surface area contributed by atoms with E-state index in [0.717, 1.165) is 17.3 Å². The van der Waals surface area contributed by atoms with Crippen molar-refractivity contribution in [2.75, 3.05) is 0 Å². The van der Waals surface area contributed by atoms with Gasteiger partial charge in [-0.15, -0.1) is 12.4 Å². The Kier molecular flexibility index (Phi) is 5.87. The van der Waals surface area contributed by atoms with Gasteiger partial charge in [-0.05, 0) is 58.7 Å². The summed E-state index contributed by atoms with van der Waals surface area (Å²) in [5.41, 5.74) is 0.780. The first-order valence-corrected chi connectivity index (χ1v) is 7.82. The van der Waals surface area contributed by atoms with Gasteiger partial charge < -0.3 is 10.6 Å². The van der Waals surface area contributed by atoms with Gasteiger partial charge in [0.15, 0.2) is 0 Å². The van der Waals surface area contributed by atoms with Crippen LogP contribution in [-0.2, 0) is 0 Å². The minimum Gasteiger partial charge on any atom is -0.349 e. The summed E-state index contributed by atoms with van der Waals surface area (Å²) in [7, 11) is 0. The van der Waals surface area contributed by atoms with Crippen molar-refractivity contribution in [1.82, 2.24) is 10.6 Å². The van der Waals surface area contributed by atoms with Crippen LogP contribution >= 0.6 is 28.3 Å². The summed E-state index contributed by atoms with van der Waals surface area (Å²) in [5.74, 6) is 0.00444. The second-order valence-corrected chi connectivity index (χ2v) is 7.90. The highest BCUT2D eigenvalue weighted by Crippen LogP contribution is 2.28. The number of carbonyl (C=O) groups excluding carboxylic acids is 1. The highest BCUT2D eigenvalue weighted by molar-refractivity contribution is 9.10. The van der Waals surface area contributed by atoms with E-state index in [2.05, 4.69) is 54.3 Å². The fourth-order valence-electron chi connectivity index (χ4n) is 3.32. The van der Waals surface area contributed by atoms with Gasteiger partial charge in [0, 0.05) is 27.2 Å². The second kappa shape index (κ2) is 6.67. The molecule has 0 atom stereocenters. The molecule has 3 nitrogen and oxygen atoms in total. The number of nitrogens with one attached hydrogen (secondary N) is 2. The van der Waals surface area contributed by atoms with Gasteiger partial charge in [0.2, 0.25) is 0 Å². The molecule has 0 radical (unpaired) electrons. The average Bonchev–Trinajstić information content (AvgIpc) is 2.24.